The molecule has 0 aliphatic rings. The van der Waals surface area contributed by atoms with Crippen LogP contribution in [-0.4, -0.2) is 19.8 Å². The molecule has 0 aliphatic carbocycles. The Morgan fingerprint density at radius 3 is 2.79 bits per heavy atom. The molecule has 1 aromatic carbocycles. The summed E-state index contributed by atoms with van der Waals surface area (Å²) in [4.78, 5) is 11.3. The van der Waals surface area contributed by atoms with Crippen LogP contribution >= 0.6 is 0 Å². The zero-order valence-corrected chi connectivity index (χ0v) is 7.87. The van der Waals surface area contributed by atoms with Crippen LogP contribution in [-0.2, 0) is 4.74 Å². The van der Waals surface area contributed by atoms with Gasteiger partial charge >= 0.3 is 5.97 Å². The largest absolute Gasteiger partial charge is 0.465 e. The molecule has 0 amide bonds. The van der Waals surface area contributed by atoms with Crippen molar-refractivity contribution in [1.82, 2.24) is 0 Å². The van der Waals surface area contributed by atoms with E-state index in [1.54, 1.807) is 24.3 Å². The van der Waals surface area contributed by atoms with Crippen molar-refractivity contribution in [3.8, 4) is 0 Å². The minimum atomic E-state index is -0.773. The molecule has 0 radical (unpaired) electrons. The number of carbonyl (C=O) groups is 1. The van der Waals surface area contributed by atoms with Gasteiger partial charge in [0, 0.05) is 0 Å². The summed E-state index contributed by atoms with van der Waals surface area (Å²) in [5, 5.41) is 0. The number of ether oxygens (including phenoxy) is 1. The molecule has 0 aromatic heterocycles. The third kappa shape index (κ3) is 2.09. The molecular weight excluding hydrogens is 185 g/mol. The van der Waals surface area contributed by atoms with Gasteiger partial charge in [0.05, 0.1) is 18.7 Å². The van der Waals surface area contributed by atoms with Crippen molar-refractivity contribution >= 4 is 5.97 Å². The van der Waals surface area contributed by atoms with Crippen molar-refractivity contribution in [2.45, 2.75) is 6.04 Å². The van der Waals surface area contributed by atoms with E-state index in [1.807, 2.05) is 0 Å². The number of hydrogen-bond acceptors (Lipinski definition) is 3. The lowest BCUT2D eigenvalue weighted by Gasteiger charge is -2.11. The lowest BCUT2D eigenvalue weighted by Crippen LogP contribution is -2.17. The highest BCUT2D eigenvalue weighted by Crippen LogP contribution is 2.17. The molecule has 0 spiro atoms. The van der Waals surface area contributed by atoms with Gasteiger partial charge in [-0.3, -0.25) is 0 Å². The summed E-state index contributed by atoms with van der Waals surface area (Å²) in [7, 11) is 1.28. The zero-order chi connectivity index (χ0) is 10.6. The van der Waals surface area contributed by atoms with Gasteiger partial charge in [-0.2, -0.15) is 0 Å². The summed E-state index contributed by atoms with van der Waals surface area (Å²) in [5.41, 5.74) is 6.30. The van der Waals surface area contributed by atoms with Gasteiger partial charge in [0.25, 0.3) is 0 Å². The third-order valence-corrected chi connectivity index (χ3v) is 1.93. The smallest absolute Gasteiger partial charge is 0.338 e. The molecule has 4 heteroatoms. The second-order valence-electron chi connectivity index (χ2n) is 2.84. The van der Waals surface area contributed by atoms with E-state index >= 15 is 0 Å². The van der Waals surface area contributed by atoms with Gasteiger partial charge in [-0.15, -0.1) is 0 Å². The van der Waals surface area contributed by atoms with Crippen molar-refractivity contribution in [3.05, 3.63) is 35.4 Å². The highest BCUT2D eigenvalue weighted by molar-refractivity contribution is 5.91. The molecule has 3 nitrogen and oxygen atoms in total. The Hall–Kier alpha value is -1.42. The minimum absolute atomic E-state index is 0.320. The monoisotopic (exact) mass is 197 g/mol. The van der Waals surface area contributed by atoms with Gasteiger partial charge in [-0.1, -0.05) is 18.2 Å². The van der Waals surface area contributed by atoms with Crippen LogP contribution in [0.3, 0.4) is 0 Å². The number of rotatable bonds is 3. The Kier molecular flexibility index (Phi) is 3.59. The molecule has 14 heavy (non-hydrogen) atoms. The van der Waals surface area contributed by atoms with E-state index in [-0.39, 0.29) is 0 Å². The first-order valence-corrected chi connectivity index (χ1v) is 4.19. The second kappa shape index (κ2) is 4.72. The van der Waals surface area contributed by atoms with Crippen molar-refractivity contribution < 1.29 is 13.9 Å². The molecule has 1 atom stereocenters. The van der Waals surface area contributed by atoms with Crippen LogP contribution in [0.4, 0.5) is 4.39 Å². The first kappa shape index (κ1) is 10.7. The van der Waals surface area contributed by atoms with E-state index in [4.69, 9.17) is 5.73 Å². The van der Waals surface area contributed by atoms with Crippen molar-refractivity contribution in [1.29, 1.82) is 0 Å². The number of benzene rings is 1. The number of nitrogens with two attached hydrogens (primary N) is 1. The number of halogens is 1. The third-order valence-electron chi connectivity index (χ3n) is 1.93. The fourth-order valence-electron chi connectivity index (χ4n) is 1.20. The zero-order valence-electron chi connectivity index (χ0n) is 7.87. The van der Waals surface area contributed by atoms with E-state index in [0.29, 0.717) is 11.1 Å². The lowest BCUT2D eigenvalue weighted by atomic mass is 10.0. The highest BCUT2D eigenvalue weighted by Gasteiger charge is 2.15. The second-order valence-corrected chi connectivity index (χ2v) is 2.84. The molecule has 0 unspecified atom stereocenters. The van der Waals surface area contributed by atoms with Crippen LogP contribution in [0.5, 0.6) is 0 Å². The van der Waals surface area contributed by atoms with E-state index in [0.717, 1.165) is 0 Å². The van der Waals surface area contributed by atoms with Gasteiger partial charge < -0.3 is 10.5 Å². The number of esters is 1. The molecule has 0 bridgehead atoms. The summed E-state index contributed by atoms with van der Waals surface area (Å²) in [6.07, 6.45) is 0. The molecule has 0 aliphatic heterocycles. The van der Waals surface area contributed by atoms with E-state index in [1.165, 1.54) is 7.11 Å². The molecule has 0 saturated carbocycles. The van der Waals surface area contributed by atoms with Crippen LogP contribution in [0.1, 0.15) is 22.0 Å². The van der Waals surface area contributed by atoms with Crippen LogP contribution < -0.4 is 5.73 Å². The van der Waals surface area contributed by atoms with Crippen molar-refractivity contribution in [2.75, 3.05) is 13.8 Å². The summed E-state index contributed by atoms with van der Waals surface area (Å²) >= 11 is 0. The predicted molar refractivity (Wildman–Crippen MR) is 50.7 cm³/mol. The first-order chi connectivity index (χ1) is 6.70. The summed E-state index contributed by atoms with van der Waals surface area (Å²) in [6, 6.07) is 5.80. The maximum atomic E-state index is 12.3. The average molecular weight is 197 g/mol. The van der Waals surface area contributed by atoms with E-state index in [2.05, 4.69) is 4.74 Å². The summed E-state index contributed by atoms with van der Waals surface area (Å²) in [6.45, 7) is -0.700. The average Bonchev–Trinajstić information content (AvgIpc) is 2.27. The van der Waals surface area contributed by atoms with Crippen LogP contribution in [0, 0.1) is 0 Å². The van der Waals surface area contributed by atoms with Gasteiger partial charge in [-0.25, -0.2) is 9.18 Å². The fraction of sp³-hybridized carbons (Fsp3) is 0.300. The highest BCUT2D eigenvalue weighted by atomic mass is 19.1. The number of methoxy groups -OCH3 is 1. The standard InChI is InChI=1S/C10H12FNO2/c1-14-10(13)8-5-3-2-4-7(8)9(12)6-11/h2-5,9H,6,12H2,1H3/t9-/m0/s1. The van der Waals surface area contributed by atoms with Crippen LogP contribution in [0.15, 0.2) is 24.3 Å². The normalized spacial score (nSPS) is 12.2. The quantitative estimate of drug-likeness (QED) is 0.746. The Labute approximate surface area is 81.7 Å². The summed E-state index contributed by atoms with van der Waals surface area (Å²) in [5.74, 6) is -0.496. The van der Waals surface area contributed by atoms with Gasteiger partial charge in [0.15, 0.2) is 0 Å². The Morgan fingerprint density at radius 1 is 1.57 bits per heavy atom. The molecule has 1 aromatic rings. The Morgan fingerprint density at radius 2 is 2.21 bits per heavy atom. The van der Waals surface area contributed by atoms with Crippen LogP contribution in [0.25, 0.3) is 0 Å². The van der Waals surface area contributed by atoms with Crippen molar-refractivity contribution in [2.24, 2.45) is 5.73 Å². The molecule has 0 heterocycles. The van der Waals surface area contributed by atoms with Gasteiger partial charge in [-0.05, 0) is 11.6 Å². The molecule has 0 fully saturated rings. The van der Waals surface area contributed by atoms with Gasteiger partial charge in [0.1, 0.15) is 6.67 Å². The van der Waals surface area contributed by atoms with Gasteiger partial charge in [0.2, 0.25) is 0 Å². The molecule has 76 valence electrons. The maximum absolute atomic E-state index is 12.3. The number of hydrogen-bond donors (Lipinski definition) is 1. The number of alkyl halides is 1. The number of carbonyl (C=O) groups excluding carboxylic acids is 1. The minimum Gasteiger partial charge on any atom is -0.465 e. The Bertz CT molecular complexity index is 328. The molecular formula is C10H12FNO2. The summed E-state index contributed by atoms with van der Waals surface area (Å²) < 4.78 is 16.9. The molecule has 0 saturated heterocycles. The van der Waals surface area contributed by atoms with Crippen molar-refractivity contribution in [3.63, 3.8) is 0 Å². The van der Waals surface area contributed by atoms with Crippen LogP contribution in [0.2, 0.25) is 0 Å². The topological polar surface area (TPSA) is 52.3 Å². The SMILES string of the molecule is COC(=O)c1ccccc1[C@@H](N)CF. The predicted octanol–water partition coefficient (Wildman–Crippen LogP) is 1.44. The first-order valence-electron chi connectivity index (χ1n) is 4.19. The maximum Gasteiger partial charge on any atom is 0.338 e. The van der Waals surface area contributed by atoms with E-state index in [9.17, 15) is 9.18 Å². The fourth-order valence-corrected chi connectivity index (χ4v) is 1.20. The lowest BCUT2D eigenvalue weighted by molar-refractivity contribution is 0.0598. The molecule has 2 N–H and O–H groups in total. The Balaban J connectivity index is 3.09. The molecule has 1 rings (SSSR count). The van der Waals surface area contributed by atoms with E-state index < -0.39 is 18.7 Å².